The first-order valence-corrected chi connectivity index (χ1v) is 13.8. The maximum atomic E-state index is 12.9. The molecule has 39 heavy (non-hydrogen) atoms. The van der Waals surface area contributed by atoms with Crippen molar-refractivity contribution in [1.82, 2.24) is 5.32 Å². The standard InChI is InChI=1S/C33H39NO5/c35-31(34-23-12-4-11-22-32(36)38-25-28-16-7-2-8-17-28)21-13-20-30(24-27-14-5-1-6-15-27)33(37)39-26-29-18-9-3-10-19-29/h1-3,5-10,14-19,30H,4,11-13,20-26H2,(H,34,35). The zero-order valence-electron chi connectivity index (χ0n) is 22.6. The van der Waals surface area contributed by atoms with Crippen LogP contribution in [0.2, 0.25) is 0 Å². The van der Waals surface area contributed by atoms with Crippen molar-refractivity contribution in [3.8, 4) is 0 Å². The second-order valence-electron chi connectivity index (χ2n) is 9.68. The highest BCUT2D eigenvalue weighted by molar-refractivity contribution is 5.76. The van der Waals surface area contributed by atoms with Gasteiger partial charge in [-0.15, -0.1) is 0 Å². The predicted octanol–water partition coefficient (Wildman–Crippen LogP) is 6.18. The van der Waals surface area contributed by atoms with Gasteiger partial charge in [0, 0.05) is 19.4 Å². The van der Waals surface area contributed by atoms with Crippen molar-refractivity contribution in [1.29, 1.82) is 0 Å². The van der Waals surface area contributed by atoms with E-state index in [9.17, 15) is 14.4 Å². The van der Waals surface area contributed by atoms with Gasteiger partial charge >= 0.3 is 11.9 Å². The fourth-order valence-electron chi connectivity index (χ4n) is 4.25. The smallest absolute Gasteiger partial charge is 0.309 e. The highest BCUT2D eigenvalue weighted by atomic mass is 16.5. The molecule has 0 radical (unpaired) electrons. The van der Waals surface area contributed by atoms with Crippen LogP contribution in [0, 0.1) is 5.92 Å². The topological polar surface area (TPSA) is 81.7 Å². The van der Waals surface area contributed by atoms with Crippen molar-refractivity contribution in [3.05, 3.63) is 108 Å². The maximum Gasteiger partial charge on any atom is 0.309 e. The van der Waals surface area contributed by atoms with Crippen molar-refractivity contribution in [3.63, 3.8) is 0 Å². The predicted molar refractivity (Wildman–Crippen MR) is 151 cm³/mol. The Kier molecular flexibility index (Phi) is 13.3. The fourth-order valence-corrected chi connectivity index (χ4v) is 4.25. The summed E-state index contributed by atoms with van der Waals surface area (Å²) in [6, 6.07) is 29.1. The zero-order valence-corrected chi connectivity index (χ0v) is 22.6. The van der Waals surface area contributed by atoms with Gasteiger partial charge in [-0.2, -0.15) is 0 Å². The molecule has 0 fully saturated rings. The number of unbranched alkanes of at least 4 members (excludes halogenated alkanes) is 2. The highest BCUT2D eigenvalue weighted by Crippen LogP contribution is 2.18. The molecule has 0 aliphatic carbocycles. The molecule has 0 spiro atoms. The summed E-state index contributed by atoms with van der Waals surface area (Å²) in [5, 5.41) is 2.95. The molecule has 1 amide bonds. The van der Waals surface area contributed by atoms with Gasteiger partial charge < -0.3 is 14.8 Å². The van der Waals surface area contributed by atoms with Crippen LogP contribution < -0.4 is 5.32 Å². The number of carbonyl (C=O) groups is 3. The van der Waals surface area contributed by atoms with Gasteiger partial charge in [0.15, 0.2) is 0 Å². The average Bonchev–Trinajstić information content (AvgIpc) is 2.97. The van der Waals surface area contributed by atoms with E-state index in [1.54, 1.807) is 0 Å². The number of nitrogens with one attached hydrogen (secondary N) is 1. The molecule has 1 N–H and O–H groups in total. The van der Waals surface area contributed by atoms with E-state index in [0.29, 0.717) is 45.3 Å². The number of benzene rings is 3. The van der Waals surface area contributed by atoms with Gasteiger partial charge in [0.1, 0.15) is 13.2 Å². The molecule has 0 aromatic heterocycles. The molecule has 3 aromatic carbocycles. The SMILES string of the molecule is O=C(CCCC(Cc1ccccc1)C(=O)OCc1ccccc1)NCCCCCC(=O)OCc1ccccc1. The summed E-state index contributed by atoms with van der Waals surface area (Å²) in [6.45, 7) is 1.12. The summed E-state index contributed by atoms with van der Waals surface area (Å²) in [7, 11) is 0. The van der Waals surface area contributed by atoms with Crippen molar-refractivity contribution in [2.75, 3.05) is 6.54 Å². The Labute approximate surface area is 231 Å². The number of ether oxygens (including phenoxy) is 2. The number of esters is 2. The molecule has 0 aliphatic rings. The third-order valence-electron chi connectivity index (χ3n) is 6.46. The molecular weight excluding hydrogens is 490 g/mol. The summed E-state index contributed by atoms with van der Waals surface area (Å²) >= 11 is 0. The number of amides is 1. The number of rotatable bonds is 17. The Morgan fingerprint density at radius 2 is 1.18 bits per heavy atom. The summed E-state index contributed by atoms with van der Waals surface area (Å²) in [4.78, 5) is 37.1. The van der Waals surface area contributed by atoms with E-state index in [4.69, 9.17) is 9.47 Å². The summed E-state index contributed by atoms with van der Waals surface area (Å²) in [6.07, 6.45) is 4.90. The summed E-state index contributed by atoms with van der Waals surface area (Å²) in [5.74, 6) is -0.750. The van der Waals surface area contributed by atoms with Crippen molar-refractivity contribution < 1.29 is 23.9 Å². The molecule has 0 bridgehead atoms. The van der Waals surface area contributed by atoms with E-state index >= 15 is 0 Å². The van der Waals surface area contributed by atoms with Crippen molar-refractivity contribution >= 4 is 17.8 Å². The Bertz CT molecular complexity index is 1120. The molecule has 0 heterocycles. The molecule has 1 unspecified atom stereocenters. The molecule has 0 saturated carbocycles. The largest absolute Gasteiger partial charge is 0.461 e. The molecule has 3 aromatic rings. The molecule has 6 nitrogen and oxygen atoms in total. The number of hydrogen-bond donors (Lipinski definition) is 1. The summed E-state index contributed by atoms with van der Waals surface area (Å²) < 4.78 is 10.9. The third-order valence-corrected chi connectivity index (χ3v) is 6.46. The van der Waals surface area contributed by atoms with E-state index in [0.717, 1.165) is 36.0 Å². The fraction of sp³-hybridized carbons (Fsp3) is 0.364. The van der Waals surface area contributed by atoms with Gasteiger partial charge in [0.2, 0.25) is 5.91 Å². The monoisotopic (exact) mass is 529 g/mol. The van der Waals surface area contributed by atoms with E-state index in [-0.39, 0.29) is 30.4 Å². The lowest BCUT2D eigenvalue weighted by atomic mass is 9.94. The van der Waals surface area contributed by atoms with E-state index in [2.05, 4.69) is 5.32 Å². The molecule has 3 rings (SSSR count). The molecule has 206 valence electrons. The van der Waals surface area contributed by atoms with Crippen LogP contribution in [0.15, 0.2) is 91.0 Å². The molecule has 0 aliphatic heterocycles. The molecule has 0 saturated heterocycles. The number of carbonyl (C=O) groups excluding carboxylic acids is 3. The first-order chi connectivity index (χ1) is 19.1. The molecule has 1 atom stereocenters. The first-order valence-electron chi connectivity index (χ1n) is 13.8. The Morgan fingerprint density at radius 3 is 1.79 bits per heavy atom. The van der Waals surface area contributed by atoms with Gasteiger partial charge in [-0.25, -0.2) is 0 Å². The van der Waals surface area contributed by atoms with Gasteiger partial charge in [-0.1, -0.05) is 97.4 Å². The second-order valence-corrected chi connectivity index (χ2v) is 9.68. The Morgan fingerprint density at radius 1 is 0.615 bits per heavy atom. The van der Waals surface area contributed by atoms with Crippen LogP contribution in [0.25, 0.3) is 0 Å². The molecular formula is C33H39NO5. The quantitative estimate of drug-likeness (QED) is 0.167. The highest BCUT2D eigenvalue weighted by Gasteiger charge is 2.21. The lowest BCUT2D eigenvalue weighted by Crippen LogP contribution is -2.25. The van der Waals surface area contributed by atoms with Gasteiger partial charge in [-0.3, -0.25) is 14.4 Å². The normalized spacial score (nSPS) is 11.4. The minimum absolute atomic E-state index is 0.0200. The van der Waals surface area contributed by atoms with Crippen LogP contribution in [-0.4, -0.2) is 24.4 Å². The lowest BCUT2D eigenvalue weighted by molar-refractivity contribution is -0.150. The van der Waals surface area contributed by atoms with Crippen molar-refractivity contribution in [2.24, 2.45) is 5.92 Å². The van der Waals surface area contributed by atoms with Gasteiger partial charge in [0.05, 0.1) is 5.92 Å². The third kappa shape index (κ3) is 12.4. The van der Waals surface area contributed by atoms with E-state index < -0.39 is 0 Å². The second kappa shape index (κ2) is 17.6. The van der Waals surface area contributed by atoms with Crippen LogP contribution in [0.4, 0.5) is 0 Å². The first kappa shape index (κ1) is 29.6. The Hall–Kier alpha value is -3.93. The average molecular weight is 530 g/mol. The minimum atomic E-state index is -0.300. The van der Waals surface area contributed by atoms with Crippen LogP contribution in [0.5, 0.6) is 0 Å². The Balaban J connectivity index is 1.29. The minimum Gasteiger partial charge on any atom is -0.461 e. The van der Waals surface area contributed by atoms with Crippen LogP contribution in [0.1, 0.15) is 61.6 Å². The van der Waals surface area contributed by atoms with E-state index in [1.165, 1.54) is 0 Å². The van der Waals surface area contributed by atoms with Gasteiger partial charge in [-0.05, 0) is 48.8 Å². The van der Waals surface area contributed by atoms with Crippen LogP contribution >= 0.6 is 0 Å². The summed E-state index contributed by atoms with van der Waals surface area (Å²) in [5.41, 5.74) is 3.00. The lowest BCUT2D eigenvalue weighted by Gasteiger charge is -2.16. The van der Waals surface area contributed by atoms with Crippen LogP contribution in [0.3, 0.4) is 0 Å². The van der Waals surface area contributed by atoms with E-state index in [1.807, 2.05) is 91.0 Å². The maximum absolute atomic E-state index is 12.9. The number of hydrogen-bond acceptors (Lipinski definition) is 5. The van der Waals surface area contributed by atoms with Crippen LogP contribution in [-0.2, 0) is 43.5 Å². The van der Waals surface area contributed by atoms with Gasteiger partial charge in [0.25, 0.3) is 0 Å². The zero-order chi connectivity index (χ0) is 27.5. The molecule has 6 heteroatoms. The van der Waals surface area contributed by atoms with Crippen molar-refractivity contribution in [2.45, 2.75) is 64.6 Å².